The van der Waals surface area contributed by atoms with E-state index in [2.05, 4.69) is 4.89 Å². The first kappa shape index (κ1) is 22.4. The van der Waals surface area contributed by atoms with E-state index in [9.17, 15) is 9.82 Å². The second kappa shape index (κ2) is 11.8. The topological polar surface area (TPSA) is 94.5 Å². The van der Waals surface area contributed by atoms with Crippen LogP contribution in [0.3, 0.4) is 0 Å². The van der Waals surface area contributed by atoms with Crippen LogP contribution in [-0.2, 0) is 14.0 Å². The molecule has 0 aliphatic heterocycles. The molecule has 0 saturated carbocycles. The van der Waals surface area contributed by atoms with Crippen LogP contribution in [0.2, 0.25) is 0 Å². The van der Waals surface area contributed by atoms with Crippen LogP contribution in [0, 0.1) is 5.92 Å². The van der Waals surface area contributed by atoms with Gasteiger partial charge in [-0.2, -0.15) is 0 Å². The van der Waals surface area contributed by atoms with Gasteiger partial charge in [-0.1, -0.05) is 43.3 Å². The fourth-order valence-corrected chi connectivity index (χ4v) is 3.91. The minimum atomic E-state index is -3.99. The third-order valence-electron chi connectivity index (χ3n) is 4.20. The van der Waals surface area contributed by atoms with Crippen molar-refractivity contribution < 1.29 is 33.4 Å². The zero-order chi connectivity index (χ0) is 20.2. The van der Waals surface area contributed by atoms with E-state index in [1.54, 1.807) is 48.5 Å². The maximum atomic E-state index is 13.3. The van der Waals surface area contributed by atoms with Gasteiger partial charge in [0.05, 0.1) is 12.7 Å². The smallest absolute Gasteiger partial charge is 0.396 e. The molecule has 2 aromatic rings. The maximum absolute atomic E-state index is 13.3. The Balaban J connectivity index is 2.12. The van der Waals surface area contributed by atoms with Gasteiger partial charge in [0.25, 0.3) is 0 Å². The Morgan fingerprint density at radius 3 is 1.93 bits per heavy atom. The van der Waals surface area contributed by atoms with Crippen LogP contribution < -0.4 is 9.05 Å². The number of hydrogen-bond donors (Lipinski definition) is 2. The molecule has 2 atom stereocenters. The highest BCUT2D eigenvalue weighted by Gasteiger charge is 2.33. The van der Waals surface area contributed by atoms with Crippen molar-refractivity contribution in [2.24, 2.45) is 5.92 Å². The SMILES string of the molecule is CCC(COP(=O)(Oc1ccccc1)Oc1ccccc1)C(CCCO)OO. The van der Waals surface area contributed by atoms with Crippen molar-refractivity contribution >= 4 is 7.82 Å². The zero-order valence-corrected chi connectivity index (χ0v) is 16.7. The first-order chi connectivity index (χ1) is 13.6. The minimum Gasteiger partial charge on any atom is -0.396 e. The van der Waals surface area contributed by atoms with Gasteiger partial charge in [-0.25, -0.2) is 9.45 Å². The van der Waals surface area contributed by atoms with Gasteiger partial charge in [0.2, 0.25) is 0 Å². The van der Waals surface area contributed by atoms with Crippen molar-refractivity contribution in [3.63, 3.8) is 0 Å². The number of hydrogen-bond acceptors (Lipinski definition) is 7. The number of phosphoric ester groups is 1. The fourth-order valence-electron chi connectivity index (χ4n) is 2.63. The summed E-state index contributed by atoms with van der Waals surface area (Å²) in [6, 6.07) is 17.3. The Bertz CT molecular complexity index is 666. The standard InChI is InChI=1S/C20H27O7P/c1-2-17(20(25-22)14-9-15-21)16-24-28(23,26-18-10-5-3-6-11-18)27-19-12-7-4-8-13-19/h3-8,10-13,17,20-22H,2,9,14-16H2,1H3. The lowest BCUT2D eigenvalue weighted by Gasteiger charge is -2.25. The summed E-state index contributed by atoms with van der Waals surface area (Å²) >= 11 is 0. The number of para-hydroxylation sites is 2. The summed E-state index contributed by atoms with van der Waals surface area (Å²) in [6.07, 6.45) is 0.963. The van der Waals surface area contributed by atoms with E-state index in [0.717, 1.165) is 0 Å². The average molecular weight is 410 g/mol. The molecular weight excluding hydrogens is 383 g/mol. The van der Waals surface area contributed by atoms with Crippen LogP contribution >= 0.6 is 7.82 Å². The van der Waals surface area contributed by atoms with Gasteiger partial charge in [0.15, 0.2) is 0 Å². The summed E-state index contributed by atoms with van der Waals surface area (Å²) in [5.74, 6) is 0.443. The van der Waals surface area contributed by atoms with Gasteiger partial charge >= 0.3 is 7.82 Å². The summed E-state index contributed by atoms with van der Waals surface area (Å²) in [6.45, 7) is 1.88. The normalized spacial score (nSPS) is 13.7. The second-order valence-electron chi connectivity index (χ2n) is 6.23. The molecule has 0 aliphatic rings. The van der Waals surface area contributed by atoms with E-state index < -0.39 is 13.9 Å². The molecule has 2 aromatic carbocycles. The number of rotatable bonds is 13. The molecular formula is C20H27O7P. The highest BCUT2D eigenvalue weighted by atomic mass is 31.2. The largest absolute Gasteiger partial charge is 0.587 e. The minimum absolute atomic E-state index is 0.00982. The van der Waals surface area contributed by atoms with Gasteiger partial charge in [0, 0.05) is 12.5 Å². The summed E-state index contributed by atoms with van der Waals surface area (Å²) in [7, 11) is -3.99. The van der Waals surface area contributed by atoms with Gasteiger partial charge < -0.3 is 14.2 Å². The van der Waals surface area contributed by atoms with Crippen LogP contribution in [0.5, 0.6) is 11.5 Å². The molecule has 0 saturated heterocycles. The molecule has 2 unspecified atom stereocenters. The van der Waals surface area contributed by atoms with Gasteiger partial charge in [-0.3, -0.25) is 9.78 Å². The molecule has 0 aromatic heterocycles. The second-order valence-corrected chi connectivity index (χ2v) is 7.75. The first-order valence-electron chi connectivity index (χ1n) is 9.25. The molecule has 2 N–H and O–H groups in total. The summed E-state index contributed by atoms with van der Waals surface area (Å²) in [5, 5.41) is 18.2. The Hall–Kier alpha value is -1.89. The maximum Gasteiger partial charge on any atom is 0.587 e. The quantitative estimate of drug-likeness (QED) is 0.275. The monoisotopic (exact) mass is 410 g/mol. The van der Waals surface area contributed by atoms with Crippen molar-refractivity contribution in [1.29, 1.82) is 0 Å². The van der Waals surface area contributed by atoms with E-state index >= 15 is 0 Å². The summed E-state index contributed by atoms with van der Waals surface area (Å²) in [4.78, 5) is 4.54. The Morgan fingerprint density at radius 1 is 0.964 bits per heavy atom. The molecule has 0 fully saturated rings. The molecule has 0 amide bonds. The predicted molar refractivity (Wildman–Crippen MR) is 105 cm³/mol. The van der Waals surface area contributed by atoms with Gasteiger partial charge in [-0.05, 0) is 43.5 Å². The number of benzene rings is 2. The van der Waals surface area contributed by atoms with E-state index in [1.165, 1.54) is 0 Å². The molecule has 28 heavy (non-hydrogen) atoms. The van der Waals surface area contributed by atoms with Gasteiger partial charge in [-0.15, -0.1) is 0 Å². The molecule has 154 valence electrons. The Morgan fingerprint density at radius 2 is 1.50 bits per heavy atom. The van der Waals surface area contributed by atoms with Crippen LogP contribution in [0.15, 0.2) is 60.7 Å². The van der Waals surface area contributed by atoms with E-state index in [4.69, 9.17) is 18.7 Å². The van der Waals surface area contributed by atoms with Crippen molar-refractivity contribution in [3.05, 3.63) is 60.7 Å². The van der Waals surface area contributed by atoms with Crippen LogP contribution in [0.1, 0.15) is 26.2 Å². The molecule has 7 nitrogen and oxygen atoms in total. The lowest BCUT2D eigenvalue weighted by molar-refractivity contribution is -0.293. The molecule has 0 spiro atoms. The lowest BCUT2D eigenvalue weighted by Crippen LogP contribution is -2.27. The van der Waals surface area contributed by atoms with Gasteiger partial charge in [0.1, 0.15) is 11.5 Å². The zero-order valence-electron chi connectivity index (χ0n) is 15.8. The summed E-state index contributed by atoms with van der Waals surface area (Å²) in [5.41, 5.74) is 0. The van der Waals surface area contributed by atoms with Crippen molar-refractivity contribution in [3.8, 4) is 11.5 Å². The van der Waals surface area contributed by atoms with E-state index in [1.807, 2.05) is 19.1 Å². The van der Waals surface area contributed by atoms with Crippen LogP contribution in [0.25, 0.3) is 0 Å². The van der Waals surface area contributed by atoms with Crippen LogP contribution in [0.4, 0.5) is 0 Å². The number of aliphatic hydroxyl groups excluding tert-OH is 1. The van der Waals surface area contributed by atoms with E-state index in [0.29, 0.717) is 30.8 Å². The molecule has 0 heterocycles. The predicted octanol–water partition coefficient (Wildman–Crippen LogP) is 4.93. The molecule has 0 radical (unpaired) electrons. The highest BCUT2D eigenvalue weighted by Crippen LogP contribution is 2.50. The highest BCUT2D eigenvalue weighted by molar-refractivity contribution is 7.49. The molecule has 0 bridgehead atoms. The number of aliphatic hydroxyl groups is 1. The first-order valence-corrected chi connectivity index (χ1v) is 10.7. The van der Waals surface area contributed by atoms with Crippen molar-refractivity contribution in [1.82, 2.24) is 0 Å². The molecule has 8 heteroatoms. The summed E-state index contributed by atoms with van der Waals surface area (Å²) < 4.78 is 30.0. The van der Waals surface area contributed by atoms with Crippen molar-refractivity contribution in [2.75, 3.05) is 13.2 Å². The van der Waals surface area contributed by atoms with Crippen LogP contribution in [-0.4, -0.2) is 29.7 Å². The Kier molecular flexibility index (Phi) is 9.47. The third kappa shape index (κ3) is 7.26. The lowest BCUT2D eigenvalue weighted by atomic mass is 9.97. The fraction of sp³-hybridized carbons (Fsp3) is 0.400. The molecule has 0 aliphatic carbocycles. The molecule has 2 rings (SSSR count). The van der Waals surface area contributed by atoms with Crippen molar-refractivity contribution in [2.45, 2.75) is 32.3 Å². The average Bonchev–Trinajstić information content (AvgIpc) is 2.72. The van der Waals surface area contributed by atoms with E-state index in [-0.39, 0.29) is 19.1 Å². The number of phosphoric acid groups is 1. The Labute approximate surface area is 165 Å². The third-order valence-corrected chi connectivity index (χ3v) is 5.53.